The van der Waals surface area contributed by atoms with Crippen LogP contribution >= 0.6 is 0 Å². The minimum atomic E-state index is -1.00. The van der Waals surface area contributed by atoms with Crippen molar-refractivity contribution in [1.29, 1.82) is 0 Å². The molecule has 130 valence electrons. The molecule has 0 unspecified atom stereocenters. The van der Waals surface area contributed by atoms with E-state index in [9.17, 15) is 9.59 Å². The number of aromatic nitrogens is 4. The van der Waals surface area contributed by atoms with Crippen molar-refractivity contribution in [3.63, 3.8) is 0 Å². The van der Waals surface area contributed by atoms with Gasteiger partial charge in [0.2, 0.25) is 5.82 Å². The zero-order chi connectivity index (χ0) is 18.4. The van der Waals surface area contributed by atoms with Gasteiger partial charge in [-0.25, -0.2) is 10.2 Å². The fraction of sp³-hybridized carbons (Fsp3) is 0.0588. The topological polar surface area (TPSA) is 122 Å². The van der Waals surface area contributed by atoms with Gasteiger partial charge in [0, 0.05) is 5.56 Å². The molecule has 1 heterocycles. The van der Waals surface area contributed by atoms with Crippen molar-refractivity contribution in [2.24, 2.45) is 5.10 Å². The third-order valence-electron chi connectivity index (χ3n) is 3.33. The third-order valence-corrected chi connectivity index (χ3v) is 3.33. The maximum absolute atomic E-state index is 11.9. The smallest absolute Gasteiger partial charge is 0.335 e. The van der Waals surface area contributed by atoms with E-state index >= 15 is 0 Å². The summed E-state index contributed by atoms with van der Waals surface area (Å²) in [6.07, 6.45) is 1.41. The maximum Gasteiger partial charge on any atom is 0.335 e. The Morgan fingerprint density at radius 3 is 2.54 bits per heavy atom. The molecule has 9 heteroatoms. The average molecular weight is 350 g/mol. The summed E-state index contributed by atoms with van der Waals surface area (Å²) in [6.45, 7) is -0.130. The fourth-order valence-corrected chi connectivity index (χ4v) is 2.07. The quantitative estimate of drug-likeness (QED) is 0.508. The van der Waals surface area contributed by atoms with Crippen molar-refractivity contribution in [1.82, 2.24) is 25.6 Å². The number of tetrazole rings is 1. The third kappa shape index (κ3) is 4.35. The number of nitrogens with zero attached hydrogens (tertiary/aromatic N) is 5. The Morgan fingerprint density at radius 1 is 1.12 bits per heavy atom. The number of hydrogen-bond acceptors (Lipinski definition) is 6. The molecule has 26 heavy (non-hydrogen) atoms. The zero-order valence-electron chi connectivity index (χ0n) is 13.5. The molecule has 2 aromatic carbocycles. The second kappa shape index (κ2) is 7.79. The Kier molecular flexibility index (Phi) is 5.08. The van der Waals surface area contributed by atoms with E-state index in [-0.39, 0.29) is 12.1 Å². The standard InChI is InChI=1S/C17H14N6O3/c24-15(19-18-10-12-6-8-14(9-7-12)17(25)26)11-23-21-16(20-22-23)13-4-2-1-3-5-13/h1-10H,11H2,(H,19,24)(H,25,26). The molecule has 3 aromatic rings. The van der Waals surface area contributed by atoms with Gasteiger partial charge in [-0.2, -0.15) is 9.90 Å². The van der Waals surface area contributed by atoms with Crippen molar-refractivity contribution < 1.29 is 14.7 Å². The number of carbonyl (C=O) groups excluding carboxylic acids is 1. The van der Waals surface area contributed by atoms with Gasteiger partial charge in [-0.3, -0.25) is 4.79 Å². The first-order valence-corrected chi connectivity index (χ1v) is 7.60. The number of hydrazone groups is 1. The molecule has 0 radical (unpaired) electrons. The van der Waals surface area contributed by atoms with Crippen molar-refractivity contribution in [2.45, 2.75) is 6.54 Å². The first-order valence-electron chi connectivity index (χ1n) is 7.60. The molecule has 0 spiro atoms. The predicted molar refractivity (Wildman–Crippen MR) is 92.4 cm³/mol. The van der Waals surface area contributed by atoms with E-state index in [1.807, 2.05) is 30.3 Å². The second-order valence-electron chi connectivity index (χ2n) is 5.23. The normalized spacial score (nSPS) is 10.8. The Bertz CT molecular complexity index is 935. The highest BCUT2D eigenvalue weighted by Crippen LogP contribution is 2.11. The highest BCUT2D eigenvalue weighted by molar-refractivity contribution is 5.89. The van der Waals surface area contributed by atoms with Gasteiger partial charge in [-0.15, -0.1) is 10.2 Å². The molecule has 3 rings (SSSR count). The zero-order valence-corrected chi connectivity index (χ0v) is 13.5. The molecule has 0 fully saturated rings. The van der Waals surface area contributed by atoms with Crippen molar-refractivity contribution in [3.05, 3.63) is 65.7 Å². The van der Waals surface area contributed by atoms with Gasteiger partial charge in [0.1, 0.15) is 6.54 Å². The van der Waals surface area contributed by atoms with Crippen LogP contribution in [-0.4, -0.2) is 43.4 Å². The lowest BCUT2D eigenvalue weighted by atomic mass is 10.1. The van der Waals surface area contributed by atoms with Crippen LogP contribution in [0.3, 0.4) is 0 Å². The SMILES string of the molecule is O=C(Cn1nnc(-c2ccccc2)n1)NN=Cc1ccc(C(=O)O)cc1. The Labute approximate surface area is 148 Å². The van der Waals surface area contributed by atoms with Crippen LogP contribution in [0.25, 0.3) is 11.4 Å². The summed E-state index contributed by atoms with van der Waals surface area (Å²) in [5.74, 6) is -0.988. The summed E-state index contributed by atoms with van der Waals surface area (Å²) < 4.78 is 0. The van der Waals surface area contributed by atoms with Crippen molar-refractivity contribution >= 4 is 18.1 Å². The Morgan fingerprint density at radius 2 is 1.85 bits per heavy atom. The molecule has 0 atom stereocenters. The van der Waals surface area contributed by atoms with Gasteiger partial charge < -0.3 is 5.11 Å². The summed E-state index contributed by atoms with van der Waals surface area (Å²) in [5, 5.41) is 24.5. The predicted octanol–water partition coefficient (Wildman–Crippen LogP) is 1.19. The van der Waals surface area contributed by atoms with Crippen LogP contribution < -0.4 is 5.43 Å². The number of rotatable bonds is 6. The van der Waals surface area contributed by atoms with Crippen LogP contribution in [0.1, 0.15) is 15.9 Å². The molecule has 0 aliphatic heterocycles. The minimum absolute atomic E-state index is 0.130. The Hall–Kier alpha value is -3.88. The second-order valence-corrected chi connectivity index (χ2v) is 5.23. The van der Waals surface area contributed by atoms with Crippen molar-refractivity contribution in [3.8, 4) is 11.4 Å². The number of aromatic carboxylic acids is 1. The van der Waals surface area contributed by atoms with E-state index in [2.05, 4.69) is 25.9 Å². The van der Waals surface area contributed by atoms with Gasteiger partial charge in [0.15, 0.2) is 0 Å². The van der Waals surface area contributed by atoms with Gasteiger partial charge in [0.25, 0.3) is 5.91 Å². The van der Waals surface area contributed by atoms with Crippen LogP contribution in [0.4, 0.5) is 0 Å². The molecule has 0 aliphatic rings. The minimum Gasteiger partial charge on any atom is -0.478 e. The molecule has 9 nitrogen and oxygen atoms in total. The van der Waals surface area contributed by atoms with E-state index < -0.39 is 11.9 Å². The molecular formula is C17H14N6O3. The summed E-state index contributed by atoms with van der Waals surface area (Å²) in [5.41, 5.74) is 3.99. The fourth-order valence-electron chi connectivity index (χ4n) is 2.07. The monoisotopic (exact) mass is 350 g/mol. The molecule has 0 aliphatic carbocycles. The van der Waals surface area contributed by atoms with Gasteiger partial charge in [-0.1, -0.05) is 42.5 Å². The highest BCUT2D eigenvalue weighted by atomic mass is 16.4. The summed E-state index contributed by atoms with van der Waals surface area (Å²) in [4.78, 5) is 23.8. The number of nitrogens with one attached hydrogen (secondary N) is 1. The van der Waals surface area contributed by atoms with E-state index in [1.165, 1.54) is 23.1 Å². The van der Waals surface area contributed by atoms with E-state index in [0.29, 0.717) is 11.4 Å². The number of carbonyl (C=O) groups is 2. The molecule has 2 N–H and O–H groups in total. The number of amides is 1. The molecule has 1 aromatic heterocycles. The summed E-state index contributed by atoms with van der Waals surface area (Å²) in [6, 6.07) is 15.4. The molecule has 0 saturated heterocycles. The maximum atomic E-state index is 11.9. The molecular weight excluding hydrogens is 336 g/mol. The van der Waals surface area contributed by atoms with Gasteiger partial charge in [-0.05, 0) is 22.9 Å². The van der Waals surface area contributed by atoms with Crippen LogP contribution in [-0.2, 0) is 11.3 Å². The lowest BCUT2D eigenvalue weighted by molar-refractivity contribution is -0.122. The first-order chi connectivity index (χ1) is 12.6. The summed E-state index contributed by atoms with van der Waals surface area (Å²) in [7, 11) is 0. The lowest BCUT2D eigenvalue weighted by Gasteiger charge is -1.99. The van der Waals surface area contributed by atoms with E-state index in [0.717, 1.165) is 5.56 Å². The van der Waals surface area contributed by atoms with E-state index in [1.54, 1.807) is 12.1 Å². The largest absolute Gasteiger partial charge is 0.478 e. The molecule has 0 saturated carbocycles. The van der Waals surface area contributed by atoms with Gasteiger partial charge in [0.05, 0.1) is 11.8 Å². The van der Waals surface area contributed by atoms with Crippen molar-refractivity contribution in [2.75, 3.05) is 0 Å². The summed E-state index contributed by atoms with van der Waals surface area (Å²) >= 11 is 0. The number of carboxylic acids is 1. The molecule has 1 amide bonds. The van der Waals surface area contributed by atoms with Crippen LogP contribution in [0.2, 0.25) is 0 Å². The number of carboxylic acid groups (broad SMARTS) is 1. The number of benzene rings is 2. The van der Waals surface area contributed by atoms with Gasteiger partial charge >= 0.3 is 5.97 Å². The Balaban J connectivity index is 1.54. The van der Waals surface area contributed by atoms with Crippen LogP contribution in [0, 0.1) is 0 Å². The average Bonchev–Trinajstić information content (AvgIpc) is 3.11. The highest BCUT2D eigenvalue weighted by Gasteiger charge is 2.08. The van der Waals surface area contributed by atoms with Crippen LogP contribution in [0.15, 0.2) is 59.7 Å². The first kappa shape index (κ1) is 17.0. The number of hydrogen-bond donors (Lipinski definition) is 2. The lowest BCUT2D eigenvalue weighted by Crippen LogP contribution is -2.24. The van der Waals surface area contributed by atoms with Crippen LogP contribution in [0.5, 0.6) is 0 Å². The van der Waals surface area contributed by atoms with E-state index in [4.69, 9.17) is 5.11 Å². The molecule has 0 bridgehead atoms.